The first-order chi connectivity index (χ1) is 8.90. The lowest BCUT2D eigenvalue weighted by Gasteiger charge is -2.10. The van der Waals surface area contributed by atoms with Crippen molar-refractivity contribution in [3.05, 3.63) is 65.7 Å². The molecule has 0 fully saturated rings. The van der Waals surface area contributed by atoms with Crippen molar-refractivity contribution in [3.8, 4) is 0 Å². The van der Waals surface area contributed by atoms with Crippen LogP contribution >= 0.6 is 0 Å². The SMILES string of the molecule is OCc1ccccc1NCCCc1ccccc1. The highest BCUT2D eigenvalue weighted by molar-refractivity contribution is 5.50. The Morgan fingerprint density at radius 2 is 1.61 bits per heavy atom. The summed E-state index contributed by atoms with van der Waals surface area (Å²) in [5, 5.41) is 12.6. The molecule has 0 amide bonds. The van der Waals surface area contributed by atoms with Crippen molar-refractivity contribution < 1.29 is 5.11 Å². The van der Waals surface area contributed by atoms with Crippen molar-refractivity contribution in [2.75, 3.05) is 11.9 Å². The molecule has 0 unspecified atom stereocenters. The molecule has 0 aromatic heterocycles. The lowest BCUT2D eigenvalue weighted by molar-refractivity contribution is 0.282. The zero-order valence-electron chi connectivity index (χ0n) is 10.5. The van der Waals surface area contributed by atoms with Crippen LogP contribution < -0.4 is 5.32 Å². The van der Waals surface area contributed by atoms with Crippen LogP contribution in [0.3, 0.4) is 0 Å². The fourth-order valence-corrected chi connectivity index (χ4v) is 1.99. The lowest BCUT2D eigenvalue weighted by Crippen LogP contribution is -2.05. The van der Waals surface area contributed by atoms with Crippen LogP contribution in [0.5, 0.6) is 0 Å². The summed E-state index contributed by atoms with van der Waals surface area (Å²) < 4.78 is 0. The van der Waals surface area contributed by atoms with Crippen molar-refractivity contribution in [1.29, 1.82) is 0 Å². The van der Waals surface area contributed by atoms with Crippen LogP contribution in [0.1, 0.15) is 17.5 Å². The van der Waals surface area contributed by atoms with Crippen LogP contribution in [0.25, 0.3) is 0 Å². The zero-order valence-corrected chi connectivity index (χ0v) is 10.5. The van der Waals surface area contributed by atoms with E-state index in [-0.39, 0.29) is 6.61 Å². The van der Waals surface area contributed by atoms with Gasteiger partial charge in [0.2, 0.25) is 0 Å². The lowest BCUT2D eigenvalue weighted by atomic mass is 10.1. The van der Waals surface area contributed by atoms with Gasteiger partial charge >= 0.3 is 0 Å². The fourth-order valence-electron chi connectivity index (χ4n) is 1.99. The monoisotopic (exact) mass is 241 g/mol. The van der Waals surface area contributed by atoms with E-state index in [0.717, 1.165) is 30.6 Å². The number of benzene rings is 2. The number of aliphatic hydroxyl groups is 1. The average Bonchev–Trinajstić information content (AvgIpc) is 2.45. The highest BCUT2D eigenvalue weighted by Gasteiger charge is 1.99. The largest absolute Gasteiger partial charge is 0.392 e. The summed E-state index contributed by atoms with van der Waals surface area (Å²) in [6.07, 6.45) is 2.17. The molecule has 0 radical (unpaired) electrons. The maximum absolute atomic E-state index is 9.21. The molecule has 2 nitrogen and oxygen atoms in total. The molecule has 0 aliphatic rings. The van der Waals surface area contributed by atoms with Crippen LogP contribution in [-0.2, 0) is 13.0 Å². The number of hydrogen-bond donors (Lipinski definition) is 2. The molecule has 18 heavy (non-hydrogen) atoms. The molecule has 2 aromatic carbocycles. The Morgan fingerprint density at radius 1 is 0.889 bits per heavy atom. The quantitative estimate of drug-likeness (QED) is 0.761. The van der Waals surface area contributed by atoms with Gasteiger partial charge in [-0.3, -0.25) is 0 Å². The number of rotatable bonds is 6. The minimum atomic E-state index is 0.0852. The molecule has 0 atom stereocenters. The summed E-state index contributed by atoms with van der Waals surface area (Å²) in [6, 6.07) is 18.4. The first-order valence-corrected chi connectivity index (χ1v) is 6.36. The smallest absolute Gasteiger partial charge is 0.0701 e. The number of anilines is 1. The molecule has 0 heterocycles. The second kappa shape index (κ2) is 6.82. The third kappa shape index (κ3) is 3.60. The Bertz CT molecular complexity index is 468. The van der Waals surface area contributed by atoms with Crippen LogP contribution in [0, 0.1) is 0 Å². The highest BCUT2D eigenvalue weighted by atomic mass is 16.3. The average molecular weight is 241 g/mol. The van der Waals surface area contributed by atoms with Gasteiger partial charge in [-0.2, -0.15) is 0 Å². The topological polar surface area (TPSA) is 32.3 Å². The summed E-state index contributed by atoms with van der Waals surface area (Å²) in [4.78, 5) is 0. The summed E-state index contributed by atoms with van der Waals surface area (Å²) in [5.74, 6) is 0. The minimum Gasteiger partial charge on any atom is -0.392 e. The van der Waals surface area contributed by atoms with Crippen LogP contribution in [0.4, 0.5) is 5.69 Å². The van der Waals surface area contributed by atoms with E-state index in [9.17, 15) is 5.11 Å². The van der Waals surface area contributed by atoms with Gasteiger partial charge in [0.25, 0.3) is 0 Å². The predicted molar refractivity (Wildman–Crippen MR) is 75.6 cm³/mol. The summed E-state index contributed by atoms with van der Waals surface area (Å²) in [6.45, 7) is 1.01. The molecule has 0 spiro atoms. The van der Waals surface area contributed by atoms with Crippen molar-refractivity contribution >= 4 is 5.69 Å². The van der Waals surface area contributed by atoms with Crippen molar-refractivity contribution in [2.24, 2.45) is 0 Å². The molecule has 0 saturated heterocycles. The van der Waals surface area contributed by atoms with Gasteiger partial charge in [-0.25, -0.2) is 0 Å². The molecule has 0 bridgehead atoms. The molecule has 2 heteroatoms. The standard InChI is InChI=1S/C16H19NO/c18-13-15-10-4-5-11-16(15)17-12-6-9-14-7-2-1-3-8-14/h1-5,7-8,10-11,17-18H,6,9,12-13H2. The van der Waals surface area contributed by atoms with Crippen LogP contribution in [-0.4, -0.2) is 11.7 Å². The summed E-state index contributed by atoms with van der Waals surface area (Å²) >= 11 is 0. The maximum atomic E-state index is 9.21. The Kier molecular flexibility index (Phi) is 4.79. The summed E-state index contributed by atoms with van der Waals surface area (Å²) in [5.41, 5.74) is 3.36. The van der Waals surface area contributed by atoms with Crippen molar-refractivity contribution in [3.63, 3.8) is 0 Å². The number of para-hydroxylation sites is 1. The molecular formula is C16H19NO. The van der Waals surface area contributed by atoms with E-state index in [2.05, 4.69) is 29.6 Å². The summed E-state index contributed by atoms with van der Waals surface area (Å²) in [7, 11) is 0. The maximum Gasteiger partial charge on any atom is 0.0701 e. The number of aliphatic hydroxyl groups excluding tert-OH is 1. The first kappa shape index (κ1) is 12.7. The van der Waals surface area contributed by atoms with Crippen LogP contribution in [0.15, 0.2) is 54.6 Å². The third-order valence-electron chi connectivity index (χ3n) is 2.99. The van der Waals surface area contributed by atoms with Crippen LogP contribution in [0.2, 0.25) is 0 Å². The molecular weight excluding hydrogens is 222 g/mol. The minimum absolute atomic E-state index is 0.0852. The van der Waals surface area contributed by atoms with E-state index >= 15 is 0 Å². The number of aryl methyl sites for hydroxylation is 1. The van der Waals surface area contributed by atoms with E-state index < -0.39 is 0 Å². The van der Waals surface area contributed by atoms with E-state index in [1.54, 1.807) is 0 Å². The number of hydrogen-bond acceptors (Lipinski definition) is 2. The molecule has 2 aromatic rings. The van der Waals surface area contributed by atoms with Gasteiger partial charge in [-0.15, -0.1) is 0 Å². The van der Waals surface area contributed by atoms with E-state index in [0.29, 0.717) is 0 Å². The van der Waals surface area contributed by atoms with E-state index in [1.165, 1.54) is 5.56 Å². The van der Waals surface area contributed by atoms with Crippen molar-refractivity contribution in [2.45, 2.75) is 19.4 Å². The normalized spacial score (nSPS) is 10.3. The fraction of sp³-hybridized carbons (Fsp3) is 0.250. The Hall–Kier alpha value is -1.80. The predicted octanol–water partition coefficient (Wildman–Crippen LogP) is 3.22. The number of nitrogens with one attached hydrogen (secondary N) is 1. The highest BCUT2D eigenvalue weighted by Crippen LogP contribution is 2.14. The van der Waals surface area contributed by atoms with Gasteiger partial charge < -0.3 is 10.4 Å². The zero-order chi connectivity index (χ0) is 12.6. The second-order valence-corrected chi connectivity index (χ2v) is 4.33. The Balaban J connectivity index is 1.78. The van der Waals surface area contributed by atoms with Gasteiger partial charge in [0, 0.05) is 17.8 Å². The molecule has 0 aliphatic heterocycles. The van der Waals surface area contributed by atoms with E-state index in [1.807, 2.05) is 30.3 Å². The van der Waals surface area contributed by atoms with Gasteiger partial charge in [0.15, 0.2) is 0 Å². The van der Waals surface area contributed by atoms with Crippen molar-refractivity contribution in [1.82, 2.24) is 0 Å². The molecule has 2 rings (SSSR count). The van der Waals surface area contributed by atoms with Gasteiger partial charge in [-0.05, 0) is 24.5 Å². The first-order valence-electron chi connectivity index (χ1n) is 6.36. The Labute approximate surface area is 108 Å². The van der Waals surface area contributed by atoms with E-state index in [4.69, 9.17) is 0 Å². The third-order valence-corrected chi connectivity index (χ3v) is 2.99. The Morgan fingerprint density at radius 3 is 2.39 bits per heavy atom. The second-order valence-electron chi connectivity index (χ2n) is 4.33. The molecule has 0 saturated carbocycles. The van der Waals surface area contributed by atoms with Gasteiger partial charge in [0.1, 0.15) is 0 Å². The molecule has 94 valence electrons. The van der Waals surface area contributed by atoms with Gasteiger partial charge in [-0.1, -0.05) is 48.5 Å². The molecule has 0 aliphatic carbocycles. The molecule has 2 N–H and O–H groups in total. The van der Waals surface area contributed by atoms with Gasteiger partial charge in [0.05, 0.1) is 6.61 Å².